The molecule has 2 amide bonds. The van der Waals surface area contributed by atoms with Crippen molar-refractivity contribution in [1.82, 2.24) is 4.90 Å². The van der Waals surface area contributed by atoms with Gasteiger partial charge in [-0.15, -0.1) is 11.3 Å². The molecule has 7 heteroatoms. The van der Waals surface area contributed by atoms with Crippen LogP contribution in [0.3, 0.4) is 0 Å². The van der Waals surface area contributed by atoms with E-state index in [2.05, 4.69) is 5.32 Å². The number of carbonyl (C=O) groups excluding carboxylic acids is 1. The number of benzene rings is 1. The molecule has 0 radical (unpaired) electrons. The fraction of sp³-hybridized carbons (Fsp3) is 0.267. The summed E-state index contributed by atoms with van der Waals surface area (Å²) >= 11 is 1.66. The first-order chi connectivity index (χ1) is 10.6. The largest absolute Gasteiger partial charge is 0.322 e. The second-order valence-corrected chi connectivity index (χ2v) is 6.08. The van der Waals surface area contributed by atoms with Gasteiger partial charge in [-0.2, -0.15) is 0 Å². The van der Waals surface area contributed by atoms with E-state index < -0.39 is 4.92 Å². The Labute approximate surface area is 131 Å². The number of nitrogens with one attached hydrogen (secondary N) is 1. The molecule has 1 N–H and O–H groups in total. The zero-order valence-electron chi connectivity index (χ0n) is 11.8. The number of anilines is 1. The molecule has 6 nitrogen and oxygen atoms in total. The number of amides is 2. The number of carbonyl (C=O) groups is 1. The molecule has 1 aliphatic heterocycles. The Morgan fingerprint density at radius 3 is 2.73 bits per heavy atom. The van der Waals surface area contributed by atoms with Gasteiger partial charge < -0.3 is 10.2 Å². The van der Waals surface area contributed by atoms with Crippen molar-refractivity contribution < 1.29 is 9.72 Å². The maximum absolute atomic E-state index is 12.4. The fourth-order valence-electron chi connectivity index (χ4n) is 2.65. The van der Waals surface area contributed by atoms with Crippen LogP contribution in [0, 0.1) is 10.1 Å². The van der Waals surface area contributed by atoms with E-state index in [1.165, 1.54) is 17.0 Å². The summed E-state index contributed by atoms with van der Waals surface area (Å²) in [5.74, 6) is 0. The molecule has 0 spiro atoms. The molecular weight excluding hydrogens is 302 g/mol. The Kier molecular flexibility index (Phi) is 4.06. The van der Waals surface area contributed by atoms with Crippen LogP contribution < -0.4 is 5.32 Å². The molecule has 1 atom stereocenters. The van der Waals surface area contributed by atoms with Crippen molar-refractivity contribution in [3.63, 3.8) is 0 Å². The van der Waals surface area contributed by atoms with Gasteiger partial charge in [0.15, 0.2) is 0 Å². The van der Waals surface area contributed by atoms with Crippen molar-refractivity contribution in [2.75, 3.05) is 11.9 Å². The van der Waals surface area contributed by atoms with E-state index in [1.807, 2.05) is 22.4 Å². The predicted molar refractivity (Wildman–Crippen MR) is 85.1 cm³/mol. The number of nitro benzene ring substituents is 1. The maximum atomic E-state index is 12.4. The second kappa shape index (κ2) is 6.15. The number of hydrogen-bond acceptors (Lipinski definition) is 4. The van der Waals surface area contributed by atoms with E-state index in [0.29, 0.717) is 5.69 Å². The lowest BCUT2D eigenvalue weighted by Gasteiger charge is -2.24. The van der Waals surface area contributed by atoms with Gasteiger partial charge in [0.2, 0.25) is 0 Å². The summed E-state index contributed by atoms with van der Waals surface area (Å²) < 4.78 is 0. The summed E-state index contributed by atoms with van der Waals surface area (Å²) in [4.78, 5) is 25.6. The maximum Gasteiger partial charge on any atom is 0.322 e. The number of nitro groups is 1. The molecule has 0 aliphatic carbocycles. The average Bonchev–Trinajstić information content (AvgIpc) is 3.18. The van der Waals surface area contributed by atoms with E-state index in [-0.39, 0.29) is 17.8 Å². The molecule has 2 aromatic rings. The van der Waals surface area contributed by atoms with Crippen LogP contribution in [0.4, 0.5) is 16.2 Å². The standard InChI is InChI=1S/C15H15N3O3S/c19-15(16-11-5-7-12(8-6-11)18(20)21)17-9-1-3-13(17)14-4-2-10-22-14/h2,4-8,10,13H,1,3,9H2,(H,16,19)/t13-/m1/s1. The summed E-state index contributed by atoms with van der Waals surface area (Å²) in [6.45, 7) is 0.724. The minimum Gasteiger partial charge on any atom is -0.317 e. The van der Waals surface area contributed by atoms with Gasteiger partial charge in [-0.1, -0.05) is 6.07 Å². The minimum absolute atomic E-state index is 0.00985. The number of urea groups is 1. The first kappa shape index (κ1) is 14.5. The van der Waals surface area contributed by atoms with Crippen molar-refractivity contribution >= 4 is 28.7 Å². The van der Waals surface area contributed by atoms with Crippen molar-refractivity contribution in [2.24, 2.45) is 0 Å². The first-order valence-corrected chi connectivity index (χ1v) is 7.88. The molecule has 114 valence electrons. The Bertz CT molecular complexity index is 670. The SMILES string of the molecule is O=C(Nc1ccc([N+](=O)[O-])cc1)N1CCC[C@@H]1c1cccs1. The van der Waals surface area contributed by atoms with Gasteiger partial charge in [-0.25, -0.2) is 4.79 Å². The summed E-state index contributed by atoms with van der Waals surface area (Å²) in [7, 11) is 0. The third-order valence-corrected chi connectivity index (χ3v) is 4.69. The molecule has 0 bridgehead atoms. The molecule has 1 aliphatic rings. The quantitative estimate of drug-likeness (QED) is 0.686. The Hall–Kier alpha value is -2.41. The molecule has 0 saturated carbocycles. The zero-order chi connectivity index (χ0) is 15.5. The molecule has 2 heterocycles. The van der Waals surface area contributed by atoms with Crippen LogP contribution in [0.15, 0.2) is 41.8 Å². The van der Waals surface area contributed by atoms with Crippen LogP contribution in [0.5, 0.6) is 0 Å². The van der Waals surface area contributed by atoms with Gasteiger partial charge in [-0.3, -0.25) is 10.1 Å². The average molecular weight is 317 g/mol. The number of hydrogen-bond donors (Lipinski definition) is 1. The second-order valence-electron chi connectivity index (χ2n) is 5.10. The Morgan fingerprint density at radius 2 is 2.09 bits per heavy atom. The fourth-order valence-corrected chi connectivity index (χ4v) is 3.52. The normalized spacial score (nSPS) is 17.5. The highest BCUT2D eigenvalue weighted by Gasteiger charge is 2.30. The smallest absolute Gasteiger partial charge is 0.317 e. The third kappa shape index (κ3) is 2.94. The highest BCUT2D eigenvalue weighted by atomic mass is 32.1. The number of nitrogens with zero attached hydrogens (tertiary/aromatic N) is 2. The lowest BCUT2D eigenvalue weighted by atomic mass is 10.2. The molecule has 22 heavy (non-hydrogen) atoms. The van der Waals surface area contributed by atoms with Crippen molar-refractivity contribution in [3.05, 3.63) is 56.8 Å². The minimum atomic E-state index is -0.459. The molecule has 3 rings (SSSR count). The molecule has 1 aromatic carbocycles. The number of thiophene rings is 1. The molecule has 1 fully saturated rings. The molecular formula is C15H15N3O3S. The van der Waals surface area contributed by atoms with Gasteiger partial charge in [0, 0.05) is 29.2 Å². The highest BCUT2D eigenvalue weighted by Crippen LogP contribution is 2.34. The first-order valence-electron chi connectivity index (χ1n) is 7.00. The van der Waals surface area contributed by atoms with Crippen LogP contribution in [-0.2, 0) is 0 Å². The van der Waals surface area contributed by atoms with Crippen LogP contribution >= 0.6 is 11.3 Å². The van der Waals surface area contributed by atoms with Gasteiger partial charge in [0.1, 0.15) is 0 Å². The van der Waals surface area contributed by atoms with Crippen LogP contribution in [-0.4, -0.2) is 22.4 Å². The monoisotopic (exact) mass is 317 g/mol. The zero-order valence-corrected chi connectivity index (χ0v) is 12.6. The molecule has 1 aromatic heterocycles. The van der Waals surface area contributed by atoms with Gasteiger partial charge in [0.05, 0.1) is 11.0 Å². The lowest BCUT2D eigenvalue weighted by molar-refractivity contribution is -0.384. The summed E-state index contributed by atoms with van der Waals surface area (Å²) in [6.07, 6.45) is 1.95. The molecule has 0 unspecified atom stereocenters. The van der Waals surface area contributed by atoms with Crippen molar-refractivity contribution in [3.8, 4) is 0 Å². The summed E-state index contributed by atoms with van der Waals surface area (Å²) in [5, 5.41) is 15.5. The van der Waals surface area contributed by atoms with Gasteiger partial charge in [0.25, 0.3) is 5.69 Å². The predicted octanol–water partition coefficient (Wildman–Crippen LogP) is 4.03. The van der Waals surface area contributed by atoms with Crippen molar-refractivity contribution in [1.29, 1.82) is 0 Å². The van der Waals surface area contributed by atoms with Crippen molar-refractivity contribution in [2.45, 2.75) is 18.9 Å². The highest BCUT2D eigenvalue weighted by molar-refractivity contribution is 7.10. The van der Waals surface area contributed by atoms with Gasteiger partial charge in [-0.05, 0) is 36.4 Å². The Morgan fingerprint density at radius 1 is 1.32 bits per heavy atom. The van der Waals surface area contributed by atoms with E-state index in [9.17, 15) is 14.9 Å². The van der Waals surface area contributed by atoms with E-state index in [1.54, 1.807) is 23.5 Å². The lowest BCUT2D eigenvalue weighted by Crippen LogP contribution is -2.34. The van der Waals surface area contributed by atoms with E-state index in [0.717, 1.165) is 19.4 Å². The van der Waals surface area contributed by atoms with Crippen LogP contribution in [0.2, 0.25) is 0 Å². The summed E-state index contributed by atoms with van der Waals surface area (Å²) in [5.41, 5.74) is 0.572. The van der Waals surface area contributed by atoms with Crippen LogP contribution in [0.25, 0.3) is 0 Å². The third-order valence-electron chi connectivity index (χ3n) is 3.71. The topological polar surface area (TPSA) is 75.5 Å². The number of likely N-dealkylation sites (tertiary alicyclic amines) is 1. The van der Waals surface area contributed by atoms with E-state index in [4.69, 9.17) is 0 Å². The van der Waals surface area contributed by atoms with Crippen LogP contribution in [0.1, 0.15) is 23.8 Å². The van der Waals surface area contributed by atoms with E-state index >= 15 is 0 Å². The Balaban J connectivity index is 1.69. The molecule has 1 saturated heterocycles. The number of non-ortho nitro benzene ring substituents is 1. The summed E-state index contributed by atoms with van der Waals surface area (Å²) in [6, 6.07) is 9.87. The van der Waals surface area contributed by atoms with Gasteiger partial charge >= 0.3 is 6.03 Å². The number of rotatable bonds is 3.